The Morgan fingerprint density at radius 3 is 2.14 bits per heavy atom. The highest BCUT2D eigenvalue weighted by Gasteiger charge is 2.08. The third-order valence-electron chi connectivity index (χ3n) is 4.19. The second-order valence-corrected chi connectivity index (χ2v) is 6.34. The number of carbonyl (C=O) groups excluding carboxylic acids is 1. The zero-order valence-electron chi connectivity index (χ0n) is 15.6. The van der Waals surface area contributed by atoms with Gasteiger partial charge in [0.1, 0.15) is 11.5 Å². The molecule has 0 radical (unpaired) electrons. The van der Waals surface area contributed by atoms with Crippen molar-refractivity contribution in [2.45, 2.75) is 0 Å². The van der Waals surface area contributed by atoms with Gasteiger partial charge in [-0.1, -0.05) is 24.3 Å². The lowest BCUT2D eigenvalue weighted by Gasteiger charge is -2.10. The van der Waals surface area contributed by atoms with Crippen LogP contribution in [0.1, 0.15) is 10.4 Å². The van der Waals surface area contributed by atoms with Gasteiger partial charge in [-0.25, -0.2) is 0 Å². The SMILES string of the molecule is O=C(Nc1ccc(Nc2ccccc2)cc1)c1cccc(Oc2ccncc2)c1. The van der Waals surface area contributed by atoms with Gasteiger partial charge in [0, 0.05) is 35.0 Å². The Morgan fingerprint density at radius 1 is 0.690 bits per heavy atom. The fourth-order valence-electron chi connectivity index (χ4n) is 2.77. The van der Waals surface area contributed by atoms with E-state index < -0.39 is 0 Å². The number of pyridine rings is 1. The number of hydrogen-bond donors (Lipinski definition) is 2. The zero-order valence-corrected chi connectivity index (χ0v) is 15.6. The third-order valence-corrected chi connectivity index (χ3v) is 4.19. The molecule has 29 heavy (non-hydrogen) atoms. The van der Waals surface area contributed by atoms with Gasteiger partial charge >= 0.3 is 0 Å². The van der Waals surface area contributed by atoms with E-state index in [1.54, 1.807) is 48.8 Å². The highest BCUT2D eigenvalue weighted by molar-refractivity contribution is 6.04. The number of para-hydroxylation sites is 1. The van der Waals surface area contributed by atoms with Crippen molar-refractivity contribution in [2.75, 3.05) is 10.6 Å². The van der Waals surface area contributed by atoms with Crippen LogP contribution < -0.4 is 15.4 Å². The Balaban J connectivity index is 1.40. The monoisotopic (exact) mass is 381 g/mol. The van der Waals surface area contributed by atoms with Crippen molar-refractivity contribution < 1.29 is 9.53 Å². The lowest BCUT2D eigenvalue weighted by molar-refractivity contribution is 0.102. The molecule has 0 aliphatic heterocycles. The lowest BCUT2D eigenvalue weighted by Crippen LogP contribution is -2.11. The summed E-state index contributed by atoms with van der Waals surface area (Å²) in [5, 5.41) is 6.22. The van der Waals surface area contributed by atoms with E-state index in [1.807, 2.05) is 54.6 Å². The van der Waals surface area contributed by atoms with Crippen molar-refractivity contribution in [1.29, 1.82) is 0 Å². The second-order valence-electron chi connectivity index (χ2n) is 6.34. The number of nitrogens with zero attached hydrogens (tertiary/aromatic N) is 1. The normalized spacial score (nSPS) is 10.2. The zero-order chi connectivity index (χ0) is 19.9. The molecule has 0 unspecified atom stereocenters. The van der Waals surface area contributed by atoms with Gasteiger partial charge in [-0.05, 0) is 66.7 Å². The minimum absolute atomic E-state index is 0.200. The molecular weight excluding hydrogens is 362 g/mol. The van der Waals surface area contributed by atoms with Crippen LogP contribution in [0, 0.1) is 0 Å². The summed E-state index contributed by atoms with van der Waals surface area (Å²) in [5.74, 6) is 1.05. The first kappa shape index (κ1) is 18.3. The first-order valence-electron chi connectivity index (χ1n) is 9.18. The van der Waals surface area contributed by atoms with Crippen molar-refractivity contribution in [3.63, 3.8) is 0 Å². The topological polar surface area (TPSA) is 63.2 Å². The first-order valence-corrected chi connectivity index (χ1v) is 9.18. The number of hydrogen-bond acceptors (Lipinski definition) is 4. The van der Waals surface area contributed by atoms with Crippen molar-refractivity contribution in [1.82, 2.24) is 4.98 Å². The summed E-state index contributed by atoms with van der Waals surface area (Å²) in [4.78, 5) is 16.6. The van der Waals surface area contributed by atoms with Crippen LogP contribution in [0.4, 0.5) is 17.1 Å². The van der Waals surface area contributed by atoms with Crippen LogP contribution in [0.2, 0.25) is 0 Å². The molecule has 0 atom stereocenters. The van der Waals surface area contributed by atoms with Crippen LogP contribution in [0.5, 0.6) is 11.5 Å². The largest absolute Gasteiger partial charge is 0.457 e. The minimum atomic E-state index is -0.200. The van der Waals surface area contributed by atoms with Gasteiger partial charge < -0.3 is 15.4 Å². The van der Waals surface area contributed by atoms with Crippen LogP contribution in [-0.2, 0) is 0 Å². The molecule has 2 N–H and O–H groups in total. The van der Waals surface area contributed by atoms with E-state index >= 15 is 0 Å². The van der Waals surface area contributed by atoms with E-state index in [9.17, 15) is 4.79 Å². The summed E-state index contributed by atoms with van der Waals surface area (Å²) < 4.78 is 5.76. The Morgan fingerprint density at radius 2 is 1.38 bits per heavy atom. The number of aromatic nitrogens is 1. The molecule has 3 aromatic carbocycles. The molecule has 0 spiro atoms. The van der Waals surface area contributed by atoms with Gasteiger partial charge in [0.2, 0.25) is 0 Å². The van der Waals surface area contributed by atoms with Gasteiger partial charge in [-0.2, -0.15) is 0 Å². The fraction of sp³-hybridized carbons (Fsp3) is 0. The summed E-state index contributed by atoms with van der Waals surface area (Å²) in [6.07, 6.45) is 3.31. The van der Waals surface area contributed by atoms with E-state index in [2.05, 4.69) is 15.6 Å². The van der Waals surface area contributed by atoms with Gasteiger partial charge in [-0.15, -0.1) is 0 Å². The van der Waals surface area contributed by atoms with Gasteiger partial charge in [0.05, 0.1) is 0 Å². The molecule has 4 rings (SSSR count). The molecule has 5 nitrogen and oxygen atoms in total. The maximum atomic E-state index is 12.6. The van der Waals surface area contributed by atoms with Gasteiger partial charge in [0.25, 0.3) is 5.91 Å². The van der Waals surface area contributed by atoms with Crippen LogP contribution in [0.25, 0.3) is 0 Å². The van der Waals surface area contributed by atoms with Crippen molar-refractivity contribution in [3.05, 3.63) is 109 Å². The van der Waals surface area contributed by atoms with Crippen LogP contribution in [0.3, 0.4) is 0 Å². The van der Waals surface area contributed by atoms with Gasteiger partial charge in [0.15, 0.2) is 0 Å². The fourth-order valence-corrected chi connectivity index (χ4v) is 2.77. The third kappa shape index (κ3) is 4.99. The van der Waals surface area contributed by atoms with E-state index in [0.29, 0.717) is 22.7 Å². The average Bonchev–Trinajstić information content (AvgIpc) is 2.77. The van der Waals surface area contributed by atoms with Crippen molar-refractivity contribution >= 4 is 23.0 Å². The van der Waals surface area contributed by atoms with Crippen LogP contribution >= 0.6 is 0 Å². The smallest absolute Gasteiger partial charge is 0.255 e. The van der Waals surface area contributed by atoms with Crippen molar-refractivity contribution in [2.24, 2.45) is 0 Å². The maximum Gasteiger partial charge on any atom is 0.255 e. The first-order chi connectivity index (χ1) is 14.3. The number of nitrogens with one attached hydrogen (secondary N) is 2. The van der Waals surface area contributed by atoms with Crippen LogP contribution in [-0.4, -0.2) is 10.9 Å². The molecule has 5 heteroatoms. The van der Waals surface area contributed by atoms with E-state index in [1.165, 1.54) is 0 Å². The molecule has 4 aromatic rings. The van der Waals surface area contributed by atoms with E-state index in [0.717, 1.165) is 11.4 Å². The number of ether oxygens (including phenoxy) is 1. The summed E-state index contributed by atoms with van der Waals surface area (Å²) in [7, 11) is 0. The maximum absolute atomic E-state index is 12.6. The number of rotatable bonds is 6. The van der Waals surface area contributed by atoms with Crippen molar-refractivity contribution in [3.8, 4) is 11.5 Å². The second kappa shape index (κ2) is 8.71. The Kier molecular flexibility index (Phi) is 5.48. The summed E-state index contributed by atoms with van der Waals surface area (Å²) in [5.41, 5.74) is 3.19. The molecule has 0 aliphatic carbocycles. The number of amides is 1. The highest BCUT2D eigenvalue weighted by Crippen LogP contribution is 2.23. The Hall–Kier alpha value is -4.12. The molecular formula is C24H19N3O2. The van der Waals surface area contributed by atoms with Crippen LogP contribution in [0.15, 0.2) is 103 Å². The molecule has 0 saturated heterocycles. The number of anilines is 3. The predicted molar refractivity (Wildman–Crippen MR) is 115 cm³/mol. The molecule has 1 heterocycles. The number of carbonyl (C=O) groups is 1. The molecule has 0 aliphatic rings. The van der Waals surface area contributed by atoms with Gasteiger partial charge in [-0.3, -0.25) is 9.78 Å². The highest BCUT2D eigenvalue weighted by atomic mass is 16.5. The van der Waals surface area contributed by atoms with E-state index in [-0.39, 0.29) is 5.91 Å². The molecule has 0 saturated carbocycles. The Labute approximate surface area is 169 Å². The standard InChI is InChI=1S/C24H19N3O2/c28-24(18-5-4-8-23(17-18)29-22-13-15-25-16-14-22)27-21-11-9-20(10-12-21)26-19-6-2-1-3-7-19/h1-17,26H,(H,27,28). The van der Waals surface area contributed by atoms with E-state index in [4.69, 9.17) is 4.74 Å². The molecule has 142 valence electrons. The quantitative estimate of drug-likeness (QED) is 0.438. The molecule has 0 fully saturated rings. The molecule has 1 amide bonds. The summed E-state index contributed by atoms with van der Waals surface area (Å²) in [6, 6.07) is 28.1. The lowest BCUT2D eigenvalue weighted by atomic mass is 10.2. The summed E-state index contributed by atoms with van der Waals surface area (Å²) >= 11 is 0. The molecule has 0 bridgehead atoms. The Bertz CT molecular complexity index is 1080. The predicted octanol–water partition coefficient (Wildman–Crippen LogP) is 5.87. The average molecular weight is 381 g/mol. The minimum Gasteiger partial charge on any atom is -0.457 e. The summed E-state index contributed by atoms with van der Waals surface area (Å²) in [6.45, 7) is 0. The number of benzene rings is 3. The molecule has 1 aromatic heterocycles.